The van der Waals surface area contributed by atoms with Gasteiger partial charge in [0.1, 0.15) is 4.75 Å². The maximum absolute atomic E-state index is 12.1. The molecule has 0 amide bonds. The smallest absolute Gasteiger partial charge is 0.136 e. The van der Waals surface area contributed by atoms with Crippen molar-refractivity contribution in [3.63, 3.8) is 0 Å². The maximum atomic E-state index is 12.1. The maximum Gasteiger partial charge on any atom is 0.136 e. The van der Waals surface area contributed by atoms with Gasteiger partial charge in [-0.1, -0.05) is 6.07 Å². The zero-order chi connectivity index (χ0) is 14.2. The normalized spacial score (nSPS) is 15.7. The summed E-state index contributed by atoms with van der Waals surface area (Å²) in [5, 5.41) is 5.34. The Labute approximate surface area is 117 Å². The van der Waals surface area contributed by atoms with Gasteiger partial charge in [-0.05, 0) is 45.4 Å². The van der Waals surface area contributed by atoms with Gasteiger partial charge < -0.3 is 4.55 Å². The highest BCUT2D eigenvalue weighted by molar-refractivity contribution is 7.90. The summed E-state index contributed by atoms with van der Waals surface area (Å²) in [5.41, 5.74) is 2.23. The van der Waals surface area contributed by atoms with Crippen molar-refractivity contribution in [2.24, 2.45) is 7.05 Å². The highest BCUT2D eigenvalue weighted by atomic mass is 32.2. The molecule has 1 aromatic carbocycles. The molecule has 2 rings (SSSR count). The molecule has 0 fully saturated rings. The van der Waals surface area contributed by atoms with Crippen LogP contribution in [0.2, 0.25) is 0 Å². The lowest BCUT2D eigenvalue weighted by Gasteiger charge is -2.26. The fourth-order valence-electron chi connectivity index (χ4n) is 1.86. The Morgan fingerprint density at radius 3 is 2.68 bits per heavy atom. The fourth-order valence-corrected chi connectivity index (χ4v) is 2.67. The van der Waals surface area contributed by atoms with Crippen molar-refractivity contribution in [2.45, 2.75) is 38.5 Å². The first kappa shape index (κ1) is 14.4. The van der Waals surface area contributed by atoms with Crippen molar-refractivity contribution < 1.29 is 4.55 Å². The van der Waals surface area contributed by atoms with Crippen molar-refractivity contribution in [3.8, 4) is 0 Å². The second kappa shape index (κ2) is 5.15. The number of rotatable bonds is 3. The largest absolute Gasteiger partial charge is 0.598 e. The Morgan fingerprint density at radius 2 is 2.05 bits per heavy atom. The lowest BCUT2D eigenvalue weighted by Crippen LogP contribution is -2.40. The van der Waals surface area contributed by atoms with E-state index in [4.69, 9.17) is 0 Å². The van der Waals surface area contributed by atoms with Crippen molar-refractivity contribution >= 4 is 22.3 Å². The zero-order valence-corrected chi connectivity index (χ0v) is 12.9. The minimum atomic E-state index is -1.07. The zero-order valence-electron chi connectivity index (χ0n) is 12.1. The molecule has 2 atom stereocenters. The van der Waals surface area contributed by atoms with E-state index in [-0.39, 0.29) is 10.8 Å². The molecule has 4 nitrogen and oxygen atoms in total. The highest BCUT2D eigenvalue weighted by Gasteiger charge is 2.28. The number of hydrogen-bond acceptors (Lipinski definition) is 3. The van der Waals surface area contributed by atoms with Gasteiger partial charge in [-0.15, -0.1) is 4.72 Å². The molecule has 1 unspecified atom stereocenters. The molecule has 1 N–H and O–H groups in total. The van der Waals surface area contributed by atoms with Crippen LogP contribution in [0.25, 0.3) is 10.9 Å². The van der Waals surface area contributed by atoms with E-state index in [1.807, 2.05) is 45.6 Å². The third kappa shape index (κ3) is 3.11. The third-order valence-corrected chi connectivity index (χ3v) is 4.79. The summed E-state index contributed by atoms with van der Waals surface area (Å²) in [6, 6.07) is 6.25. The van der Waals surface area contributed by atoms with Crippen LogP contribution in [0.15, 0.2) is 24.4 Å². The number of fused-ring (bicyclic) bond motifs is 1. The molecule has 0 aliphatic carbocycles. The standard InChI is InChI=1S/C14H21N3OS/c1-10(16-19(18)14(2,3)4)11-6-7-13-12(8-11)9-15-17(13)5/h6-10,16H,1-5H3/t10-,19?/m0/s1. The Bertz CT molecular complexity index is 574. The van der Waals surface area contributed by atoms with E-state index in [1.165, 1.54) is 0 Å². The molecule has 0 aliphatic rings. The van der Waals surface area contributed by atoms with Gasteiger partial charge in [0.05, 0.1) is 17.8 Å². The molecule has 0 radical (unpaired) electrons. The molecule has 1 heterocycles. The van der Waals surface area contributed by atoms with E-state index in [2.05, 4.69) is 28.0 Å². The van der Waals surface area contributed by atoms with Crippen molar-refractivity contribution in [1.82, 2.24) is 14.5 Å². The molecule has 0 bridgehead atoms. The van der Waals surface area contributed by atoms with Gasteiger partial charge in [0, 0.05) is 23.8 Å². The van der Waals surface area contributed by atoms with Crippen molar-refractivity contribution in [1.29, 1.82) is 0 Å². The number of aromatic nitrogens is 2. The van der Waals surface area contributed by atoms with Crippen molar-refractivity contribution in [3.05, 3.63) is 30.0 Å². The summed E-state index contributed by atoms with van der Waals surface area (Å²) in [7, 11) is 1.93. The summed E-state index contributed by atoms with van der Waals surface area (Å²) < 4.78 is 16.8. The molecule has 0 saturated heterocycles. The van der Waals surface area contributed by atoms with Crippen LogP contribution in [0.4, 0.5) is 0 Å². The molecule has 0 saturated carbocycles. The van der Waals surface area contributed by atoms with Crippen LogP contribution in [0.3, 0.4) is 0 Å². The summed E-state index contributed by atoms with van der Waals surface area (Å²) in [6.07, 6.45) is 1.85. The lowest BCUT2D eigenvalue weighted by molar-refractivity contribution is 0.531. The second-order valence-corrected chi connectivity index (χ2v) is 7.80. The van der Waals surface area contributed by atoms with E-state index >= 15 is 0 Å². The first-order chi connectivity index (χ1) is 8.79. The molecular weight excluding hydrogens is 258 g/mol. The first-order valence-electron chi connectivity index (χ1n) is 6.39. The van der Waals surface area contributed by atoms with Gasteiger partial charge in [0.15, 0.2) is 0 Å². The molecule has 19 heavy (non-hydrogen) atoms. The van der Waals surface area contributed by atoms with Gasteiger partial charge in [0.25, 0.3) is 0 Å². The summed E-state index contributed by atoms with van der Waals surface area (Å²) in [4.78, 5) is 0. The van der Waals surface area contributed by atoms with Gasteiger partial charge in [-0.25, -0.2) is 0 Å². The minimum Gasteiger partial charge on any atom is -0.598 e. The lowest BCUT2D eigenvalue weighted by atomic mass is 10.1. The van der Waals surface area contributed by atoms with E-state index < -0.39 is 11.4 Å². The number of nitrogens with zero attached hydrogens (tertiary/aromatic N) is 2. The van der Waals surface area contributed by atoms with Gasteiger partial charge in [-0.2, -0.15) is 5.10 Å². The van der Waals surface area contributed by atoms with E-state index in [1.54, 1.807) is 0 Å². The Balaban J connectivity index is 2.19. The monoisotopic (exact) mass is 279 g/mol. The van der Waals surface area contributed by atoms with E-state index in [0.717, 1.165) is 16.5 Å². The molecule has 0 spiro atoms. The Morgan fingerprint density at radius 1 is 1.37 bits per heavy atom. The second-order valence-electron chi connectivity index (χ2n) is 5.81. The quantitative estimate of drug-likeness (QED) is 0.879. The van der Waals surface area contributed by atoms with E-state index in [0.29, 0.717) is 0 Å². The number of benzene rings is 1. The third-order valence-electron chi connectivity index (χ3n) is 3.11. The van der Waals surface area contributed by atoms with Crippen LogP contribution in [-0.2, 0) is 18.4 Å². The first-order valence-corrected chi connectivity index (χ1v) is 7.54. The molecule has 1 aromatic heterocycles. The van der Waals surface area contributed by atoms with Gasteiger partial charge in [-0.3, -0.25) is 4.68 Å². The van der Waals surface area contributed by atoms with Crippen LogP contribution < -0.4 is 4.72 Å². The highest BCUT2D eigenvalue weighted by Crippen LogP contribution is 2.22. The fraction of sp³-hybridized carbons (Fsp3) is 0.500. The molecular formula is C14H21N3OS. The van der Waals surface area contributed by atoms with Crippen LogP contribution in [-0.4, -0.2) is 19.1 Å². The predicted molar refractivity (Wildman–Crippen MR) is 80.2 cm³/mol. The Kier molecular flexibility index (Phi) is 3.90. The number of aryl methyl sites for hydroxylation is 1. The van der Waals surface area contributed by atoms with Gasteiger partial charge >= 0.3 is 0 Å². The van der Waals surface area contributed by atoms with Crippen LogP contribution >= 0.6 is 0 Å². The van der Waals surface area contributed by atoms with Crippen LogP contribution in [0, 0.1) is 0 Å². The summed E-state index contributed by atoms with van der Waals surface area (Å²) in [5.74, 6) is 0. The summed E-state index contributed by atoms with van der Waals surface area (Å²) in [6.45, 7) is 7.93. The minimum absolute atomic E-state index is 0.0460. The van der Waals surface area contributed by atoms with Gasteiger partial charge in [0.2, 0.25) is 0 Å². The molecule has 0 aliphatic heterocycles. The van der Waals surface area contributed by atoms with Crippen LogP contribution in [0.5, 0.6) is 0 Å². The van der Waals surface area contributed by atoms with Crippen molar-refractivity contribution in [2.75, 3.05) is 0 Å². The topological polar surface area (TPSA) is 52.9 Å². The molecule has 5 heteroatoms. The average molecular weight is 279 g/mol. The number of hydrogen-bond donors (Lipinski definition) is 1. The number of nitrogens with one attached hydrogen (secondary N) is 1. The summed E-state index contributed by atoms with van der Waals surface area (Å²) >= 11 is -1.07. The molecule has 2 aromatic rings. The molecule has 104 valence electrons. The van der Waals surface area contributed by atoms with Crippen LogP contribution in [0.1, 0.15) is 39.3 Å². The predicted octanol–water partition coefficient (Wildman–Crippen LogP) is 2.69. The Hall–Kier alpha value is -1.04. The van der Waals surface area contributed by atoms with E-state index in [9.17, 15) is 4.55 Å². The SMILES string of the molecule is C[C@H](N[S+]([O-])C(C)(C)C)c1ccc2c(cnn2C)c1. The average Bonchev–Trinajstić information content (AvgIpc) is 2.69.